The number of H-pyrrole nitrogens is 1. The molecule has 0 aliphatic heterocycles. The Hall–Kier alpha value is -1.46. The Kier molecular flexibility index (Phi) is 2.18. The van der Waals surface area contributed by atoms with Crippen molar-refractivity contribution in [2.24, 2.45) is 5.73 Å². The van der Waals surface area contributed by atoms with Gasteiger partial charge in [-0.1, -0.05) is 0 Å². The number of aliphatic hydroxyl groups is 1. The normalized spacial score (nSPS) is 13.4. The molecule has 2 aromatic rings. The molecule has 1 unspecified atom stereocenters. The fourth-order valence-electron chi connectivity index (χ4n) is 1.32. The number of nitrogens with one attached hydrogen (secondary N) is 1. The number of hydrogen-bond acceptors (Lipinski definition) is 3. The molecule has 2 aromatic heterocycles. The molecule has 0 aromatic carbocycles. The van der Waals surface area contributed by atoms with Gasteiger partial charge in [0.05, 0.1) is 6.20 Å². The molecular formula is C9H10FN3O. The molecule has 14 heavy (non-hydrogen) atoms. The summed E-state index contributed by atoms with van der Waals surface area (Å²) in [6.45, 7) is 0.120. The molecule has 0 spiro atoms. The van der Waals surface area contributed by atoms with Crippen molar-refractivity contribution in [3.8, 4) is 0 Å². The van der Waals surface area contributed by atoms with Crippen LogP contribution in [0.3, 0.4) is 0 Å². The summed E-state index contributed by atoms with van der Waals surface area (Å²) in [4.78, 5) is 6.70. The summed E-state index contributed by atoms with van der Waals surface area (Å²) in [6.07, 6.45) is 0.365. The van der Waals surface area contributed by atoms with Crippen LogP contribution in [0.25, 0.3) is 11.0 Å². The van der Waals surface area contributed by atoms with Crippen LogP contribution in [0.4, 0.5) is 4.39 Å². The highest BCUT2D eigenvalue weighted by atomic mass is 19.1. The van der Waals surface area contributed by atoms with Gasteiger partial charge in [0.2, 0.25) is 0 Å². The van der Waals surface area contributed by atoms with Crippen LogP contribution in [0.1, 0.15) is 11.8 Å². The Labute approximate surface area is 79.6 Å². The van der Waals surface area contributed by atoms with Crippen molar-refractivity contribution in [1.82, 2.24) is 9.97 Å². The van der Waals surface area contributed by atoms with Gasteiger partial charge in [-0.2, -0.15) is 0 Å². The topological polar surface area (TPSA) is 74.9 Å². The Morgan fingerprint density at radius 1 is 1.57 bits per heavy atom. The van der Waals surface area contributed by atoms with Gasteiger partial charge in [0, 0.05) is 17.6 Å². The zero-order chi connectivity index (χ0) is 10.1. The lowest BCUT2D eigenvalue weighted by Crippen LogP contribution is -2.11. The Morgan fingerprint density at radius 3 is 3.07 bits per heavy atom. The van der Waals surface area contributed by atoms with Gasteiger partial charge in [0.15, 0.2) is 0 Å². The number of rotatable bonds is 2. The quantitative estimate of drug-likeness (QED) is 0.660. The lowest BCUT2D eigenvalue weighted by Gasteiger charge is -2.02. The average Bonchev–Trinajstić information content (AvgIpc) is 2.59. The maximum Gasteiger partial charge on any atom is 0.142 e. The van der Waals surface area contributed by atoms with Crippen LogP contribution in [0.2, 0.25) is 0 Å². The van der Waals surface area contributed by atoms with Gasteiger partial charge in [-0.25, -0.2) is 9.37 Å². The van der Waals surface area contributed by atoms with E-state index in [4.69, 9.17) is 5.73 Å². The molecular weight excluding hydrogens is 185 g/mol. The number of aliphatic hydroxyl groups excluding tert-OH is 1. The van der Waals surface area contributed by atoms with Gasteiger partial charge in [-0.05, 0) is 12.1 Å². The summed E-state index contributed by atoms with van der Waals surface area (Å²) < 4.78 is 12.8. The number of aromatic amines is 1. The maximum absolute atomic E-state index is 12.8. The van der Waals surface area contributed by atoms with Gasteiger partial charge in [-0.15, -0.1) is 0 Å². The molecule has 0 fully saturated rings. The van der Waals surface area contributed by atoms with Crippen LogP contribution >= 0.6 is 0 Å². The highest BCUT2D eigenvalue weighted by molar-refractivity contribution is 5.76. The van der Waals surface area contributed by atoms with Gasteiger partial charge >= 0.3 is 0 Å². The lowest BCUT2D eigenvalue weighted by molar-refractivity contribution is 0.183. The summed E-state index contributed by atoms with van der Waals surface area (Å²) in [6, 6.07) is 2.99. The second-order valence-corrected chi connectivity index (χ2v) is 3.07. The molecule has 1 atom stereocenters. The van der Waals surface area contributed by atoms with Crippen LogP contribution < -0.4 is 5.73 Å². The monoisotopic (exact) mass is 195 g/mol. The highest BCUT2D eigenvalue weighted by Gasteiger charge is 2.09. The van der Waals surface area contributed by atoms with Crippen LogP contribution in [0, 0.1) is 5.82 Å². The average molecular weight is 195 g/mol. The third-order valence-electron chi connectivity index (χ3n) is 2.04. The Bertz CT molecular complexity index is 454. The molecule has 0 aliphatic rings. The zero-order valence-electron chi connectivity index (χ0n) is 7.37. The van der Waals surface area contributed by atoms with Crippen LogP contribution in [0.15, 0.2) is 18.3 Å². The fraction of sp³-hybridized carbons (Fsp3) is 0.222. The van der Waals surface area contributed by atoms with E-state index in [9.17, 15) is 9.50 Å². The molecule has 74 valence electrons. The van der Waals surface area contributed by atoms with Gasteiger partial charge in [-0.3, -0.25) is 0 Å². The second-order valence-electron chi connectivity index (χ2n) is 3.07. The van der Waals surface area contributed by atoms with Crippen molar-refractivity contribution in [3.05, 3.63) is 29.8 Å². The van der Waals surface area contributed by atoms with Crippen molar-refractivity contribution in [2.75, 3.05) is 6.54 Å². The van der Waals surface area contributed by atoms with E-state index < -0.39 is 11.9 Å². The summed E-state index contributed by atoms with van der Waals surface area (Å²) in [5, 5.41) is 10.1. The molecule has 4 nitrogen and oxygen atoms in total. The molecule has 2 rings (SSSR count). The predicted molar refractivity (Wildman–Crippen MR) is 50.1 cm³/mol. The number of pyridine rings is 1. The third-order valence-corrected chi connectivity index (χ3v) is 2.04. The van der Waals surface area contributed by atoms with E-state index in [0.29, 0.717) is 16.7 Å². The Balaban J connectivity index is 2.51. The smallest absolute Gasteiger partial charge is 0.142 e. The Morgan fingerprint density at radius 2 is 2.36 bits per heavy atom. The standard InChI is InChI=1S/C9H10FN3O/c10-6-1-5-2-7(8(14)3-11)13-9(5)12-4-6/h1-2,4,8,14H,3,11H2,(H,12,13). The van der Waals surface area contributed by atoms with Gasteiger partial charge in [0.25, 0.3) is 0 Å². The maximum atomic E-state index is 12.8. The minimum Gasteiger partial charge on any atom is -0.386 e. The van der Waals surface area contributed by atoms with Crippen LogP contribution in [-0.2, 0) is 0 Å². The van der Waals surface area contributed by atoms with E-state index in [-0.39, 0.29) is 6.54 Å². The van der Waals surface area contributed by atoms with Gasteiger partial charge < -0.3 is 15.8 Å². The van der Waals surface area contributed by atoms with Crippen molar-refractivity contribution in [2.45, 2.75) is 6.10 Å². The molecule has 5 heteroatoms. The van der Waals surface area contributed by atoms with E-state index in [0.717, 1.165) is 6.20 Å². The minimum absolute atomic E-state index is 0.120. The molecule has 0 amide bonds. The van der Waals surface area contributed by atoms with Crippen LogP contribution in [0.5, 0.6) is 0 Å². The van der Waals surface area contributed by atoms with Crippen molar-refractivity contribution < 1.29 is 9.50 Å². The minimum atomic E-state index is -0.757. The van der Waals surface area contributed by atoms with Crippen LogP contribution in [-0.4, -0.2) is 21.6 Å². The number of halogens is 1. The third kappa shape index (κ3) is 1.47. The SMILES string of the molecule is NCC(O)c1cc2cc(F)cnc2[nH]1. The molecule has 0 saturated heterocycles. The molecule has 2 heterocycles. The van der Waals surface area contributed by atoms with Crippen molar-refractivity contribution in [1.29, 1.82) is 0 Å². The van der Waals surface area contributed by atoms with E-state index >= 15 is 0 Å². The highest BCUT2D eigenvalue weighted by Crippen LogP contribution is 2.18. The predicted octanol–water partition coefficient (Wildman–Crippen LogP) is 0.694. The van der Waals surface area contributed by atoms with Crippen molar-refractivity contribution >= 4 is 11.0 Å². The zero-order valence-corrected chi connectivity index (χ0v) is 7.37. The summed E-state index contributed by atoms with van der Waals surface area (Å²) >= 11 is 0. The van der Waals surface area contributed by atoms with E-state index in [1.165, 1.54) is 6.07 Å². The summed E-state index contributed by atoms with van der Waals surface area (Å²) in [7, 11) is 0. The first-order chi connectivity index (χ1) is 6.70. The largest absolute Gasteiger partial charge is 0.386 e. The molecule has 0 radical (unpaired) electrons. The first-order valence-electron chi connectivity index (χ1n) is 4.23. The number of aromatic nitrogens is 2. The number of nitrogens with two attached hydrogens (primary N) is 1. The number of fused-ring (bicyclic) bond motifs is 1. The van der Waals surface area contributed by atoms with Crippen molar-refractivity contribution in [3.63, 3.8) is 0 Å². The first-order valence-corrected chi connectivity index (χ1v) is 4.23. The van der Waals surface area contributed by atoms with E-state index in [2.05, 4.69) is 9.97 Å². The first kappa shape index (κ1) is 9.11. The molecule has 0 aliphatic carbocycles. The van der Waals surface area contributed by atoms with E-state index in [1.807, 2.05) is 0 Å². The lowest BCUT2D eigenvalue weighted by atomic mass is 10.2. The number of nitrogens with zero attached hydrogens (tertiary/aromatic N) is 1. The van der Waals surface area contributed by atoms with Gasteiger partial charge in [0.1, 0.15) is 17.6 Å². The molecule has 0 bridgehead atoms. The molecule has 4 N–H and O–H groups in total. The van der Waals surface area contributed by atoms with E-state index in [1.54, 1.807) is 6.07 Å². The fourth-order valence-corrected chi connectivity index (χ4v) is 1.32. The summed E-state index contributed by atoms with van der Waals surface area (Å²) in [5.41, 5.74) is 6.40. The molecule has 0 saturated carbocycles. The number of hydrogen-bond donors (Lipinski definition) is 3. The summed E-state index contributed by atoms with van der Waals surface area (Å²) in [5.74, 6) is -0.398. The second kappa shape index (κ2) is 3.36.